The van der Waals surface area contributed by atoms with Crippen molar-refractivity contribution in [3.05, 3.63) is 36.5 Å². The molecule has 0 saturated heterocycles. The standard InChI is InChI=1S/C12H19N/c1-3-5-6-7-8-9-12(4-2)10-11-13/h3,7-8,10-11,13H,1,4-6,9H2,2H3/b8-7+,12-10-,13-11?. The Kier molecular flexibility index (Phi) is 8.21. The monoisotopic (exact) mass is 177 g/mol. The number of unbranched alkanes of at least 4 members (excludes halogenated alkanes) is 1. The summed E-state index contributed by atoms with van der Waals surface area (Å²) in [7, 11) is 0. The molecule has 0 aromatic rings. The van der Waals surface area contributed by atoms with E-state index in [2.05, 4.69) is 25.7 Å². The highest BCUT2D eigenvalue weighted by molar-refractivity contribution is 5.68. The van der Waals surface area contributed by atoms with Gasteiger partial charge in [0, 0.05) is 6.21 Å². The first-order valence-corrected chi connectivity index (χ1v) is 4.79. The Morgan fingerprint density at radius 2 is 2.08 bits per heavy atom. The normalized spacial score (nSPS) is 11.9. The summed E-state index contributed by atoms with van der Waals surface area (Å²) in [6, 6.07) is 0. The average molecular weight is 177 g/mol. The molecule has 0 aromatic heterocycles. The largest absolute Gasteiger partial charge is 0.309 e. The van der Waals surface area contributed by atoms with Gasteiger partial charge in [0.05, 0.1) is 0 Å². The molecule has 1 heteroatoms. The smallest absolute Gasteiger partial charge is 0.0177 e. The quantitative estimate of drug-likeness (QED) is 0.346. The van der Waals surface area contributed by atoms with Gasteiger partial charge in [-0.15, -0.1) is 6.58 Å². The van der Waals surface area contributed by atoms with E-state index in [4.69, 9.17) is 5.41 Å². The van der Waals surface area contributed by atoms with E-state index in [0.717, 1.165) is 25.7 Å². The van der Waals surface area contributed by atoms with Crippen LogP contribution in [0.5, 0.6) is 0 Å². The molecule has 72 valence electrons. The Labute approximate surface area is 81.4 Å². The molecule has 0 amide bonds. The topological polar surface area (TPSA) is 23.9 Å². The molecule has 13 heavy (non-hydrogen) atoms. The fraction of sp³-hybridized carbons (Fsp3) is 0.417. The van der Waals surface area contributed by atoms with E-state index in [-0.39, 0.29) is 0 Å². The summed E-state index contributed by atoms with van der Waals surface area (Å²) >= 11 is 0. The van der Waals surface area contributed by atoms with E-state index < -0.39 is 0 Å². The number of allylic oxidation sites excluding steroid dienone is 5. The zero-order valence-corrected chi connectivity index (χ0v) is 8.42. The van der Waals surface area contributed by atoms with Crippen molar-refractivity contribution in [1.82, 2.24) is 0 Å². The molecule has 0 bridgehead atoms. The van der Waals surface area contributed by atoms with Gasteiger partial charge in [0.1, 0.15) is 0 Å². The van der Waals surface area contributed by atoms with Crippen LogP contribution in [0.25, 0.3) is 0 Å². The fourth-order valence-electron chi connectivity index (χ4n) is 1.01. The molecule has 1 nitrogen and oxygen atoms in total. The Bertz CT molecular complexity index is 199. The van der Waals surface area contributed by atoms with Crippen LogP contribution in [0.2, 0.25) is 0 Å². The molecule has 0 aliphatic carbocycles. The van der Waals surface area contributed by atoms with Crippen LogP contribution < -0.4 is 0 Å². The maximum atomic E-state index is 6.94. The Hall–Kier alpha value is -1.11. The van der Waals surface area contributed by atoms with Crippen molar-refractivity contribution in [2.75, 3.05) is 0 Å². The van der Waals surface area contributed by atoms with Crippen LogP contribution in [0, 0.1) is 5.41 Å². The number of hydrogen-bond donors (Lipinski definition) is 1. The predicted molar refractivity (Wildman–Crippen MR) is 60.3 cm³/mol. The van der Waals surface area contributed by atoms with Crippen molar-refractivity contribution in [3.63, 3.8) is 0 Å². The second kappa shape index (κ2) is 8.98. The minimum atomic E-state index is 0.975. The Morgan fingerprint density at radius 3 is 2.62 bits per heavy atom. The molecule has 0 radical (unpaired) electrons. The molecular weight excluding hydrogens is 158 g/mol. The van der Waals surface area contributed by atoms with Crippen molar-refractivity contribution in [2.45, 2.75) is 32.6 Å². The summed E-state index contributed by atoms with van der Waals surface area (Å²) in [4.78, 5) is 0. The van der Waals surface area contributed by atoms with E-state index in [1.807, 2.05) is 12.2 Å². The van der Waals surface area contributed by atoms with Gasteiger partial charge in [-0.05, 0) is 31.8 Å². The first-order valence-electron chi connectivity index (χ1n) is 4.79. The van der Waals surface area contributed by atoms with Gasteiger partial charge in [0.2, 0.25) is 0 Å². The molecule has 0 atom stereocenters. The van der Waals surface area contributed by atoms with Crippen LogP contribution in [0.3, 0.4) is 0 Å². The highest BCUT2D eigenvalue weighted by Gasteiger charge is 1.87. The number of nitrogens with one attached hydrogen (secondary N) is 1. The van der Waals surface area contributed by atoms with E-state index in [1.165, 1.54) is 11.8 Å². The lowest BCUT2D eigenvalue weighted by atomic mass is 10.1. The van der Waals surface area contributed by atoms with E-state index in [0.29, 0.717) is 0 Å². The highest BCUT2D eigenvalue weighted by Crippen LogP contribution is 2.06. The van der Waals surface area contributed by atoms with Gasteiger partial charge < -0.3 is 5.41 Å². The zero-order chi connectivity index (χ0) is 9.94. The minimum Gasteiger partial charge on any atom is -0.309 e. The van der Waals surface area contributed by atoms with Crippen molar-refractivity contribution in [1.29, 1.82) is 5.41 Å². The SMILES string of the molecule is C=CCC/C=C/C/C(=C\C=N)CC. The van der Waals surface area contributed by atoms with Crippen LogP contribution in [0.15, 0.2) is 36.5 Å². The molecule has 0 aliphatic heterocycles. The third-order valence-electron chi connectivity index (χ3n) is 1.86. The van der Waals surface area contributed by atoms with Crippen LogP contribution in [0.1, 0.15) is 32.6 Å². The average Bonchev–Trinajstić information content (AvgIpc) is 2.16. The van der Waals surface area contributed by atoms with E-state index in [9.17, 15) is 0 Å². The Morgan fingerprint density at radius 1 is 1.31 bits per heavy atom. The molecular formula is C12H19N. The first kappa shape index (κ1) is 11.9. The van der Waals surface area contributed by atoms with Gasteiger partial charge in [-0.2, -0.15) is 0 Å². The molecule has 0 rings (SSSR count). The predicted octanol–water partition coefficient (Wildman–Crippen LogP) is 3.88. The van der Waals surface area contributed by atoms with Gasteiger partial charge >= 0.3 is 0 Å². The second-order valence-corrected chi connectivity index (χ2v) is 2.89. The summed E-state index contributed by atoms with van der Waals surface area (Å²) in [5, 5.41) is 6.94. The minimum absolute atomic E-state index is 0.975. The molecule has 0 unspecified atom stereocenters. The van der Waals surface area contributed by atoms with E-state index in [1.54, 1.807) is 0 Å². The molecule has 0 spiro atoms. The molecule has 0 aromatic carbocycles. The van der Waals surface area contributed by atoms with Crippen LogP contribution in [-0.4, -0.2) is 6.21 Å². The summed E-state index contributed by atoms with van der Waals surface area (Å²) in [6.45, 7) is 5.78. The van der Waals surface area contributed by atoms with Crippen molar-refractivity contribution in [2.24, 2.45) is 0 Å². The summed E-state index contributed by atoms with van der Waals surface area (Å²) in [5.74, 6) is 0. The lowest BCUT2D eigenvalue weighted by Gasteiger charge is -1.96. The molecule has 0 aliphatic rings. The summed E-state index contributed by atoms with van der Waals surface area (Å²) < 4.78 is 0. The highest BCUT2D eigenvalue weighted by atomic mass is 14.3. The lowest BCUT2D eigenvalue weighted by Crippen LogP contribution is -1.79. The van der Waals surface area contributed by atoms with Crippen LogP contribution >= 0.6 is 0 Å². The van der Waals surface area contributed by atoms with Crippen LogP contribution in [0.4, 0.5) is 0 Å². The van der Waals surface area contributed by atoms with Crippen LogP contribution in [-0.2, 0) is 0 Å². The number of hydrogen-bond acceptors (Lipinski definition) is 1. The van der Waals surface area contributed by atoms with Gasteiger partial charge in [0.15, 0.2) is 0 Å². The third-order valence-corrected chi connectivity index (χ3v) is 1.86. The first-order chi connectivity index (χ1) is 6.35. The summed E-state index contributed by atoms with van der Waals surface area (Å²) in [6.07, 6.45) is 13.6. The third kappa shape index (κ3) is 7.26. The van der Waals surface area contributed by atoms with Gasteiger partial charge in [0.25, 0.3) is 0 Å². The van der Waals surface area contributed by atoms with Gasteiger partial charge in [-0.25, -0.2) is 0 Å². The number of rotatable bonds is 7. The fourth-order valence-corrected chi connectivity index (χ4v) is 1.01. The van der Waals surface area contributed by atoms with Crippen molar-refractivity contribution >= 4 is 6.21 Å². The molecule has 0 saturated carbocycles. The summed E-state index contributed by atoms with van der Waals surface area (Å²) in [5.41, 5.74) is 1.31. The molecule has 1 N–H and O–H groups in total. The van der Waals surface area contributed by atoms with Gasteiger partial charge in [-0.1, -0.05) is 30.7 Å². The zero-order valence-electron chi connectivity index (χ0n) is 8.42. The lowest BCUT2D eigenvalue weighted by molar-refractivity contribution is 1.01. The maximum absolute atomic E-state index is 6.94. The second-order valence-electron chi connectivity index (χ2n) is 2.89. The van der Waals surface area contributed by atoms with Crippen molar-refractivity contribution < 1.29 is 0 Å². The molecule has 0 fully saturated rings. The molecule has 0 heterocycles. The van der Waals surface area contributed by atoms with E-state index >= 15 is 0 Å². The van der Waals surface area contributed by atoms with Gasteiger partial charge in [-0.3, -0.25) is 0 Å². The maximum Gasteiger partial charge on any atom is 0.0177 e. The van der Waals surface area contributed by atoms with Crippen molar-refractivity contribution in [3.8, 4) is 0 Å². The Balaban J connectivity index is 3.70.